The van der Waals surface area contributed by atoms with Crippen molar-refractivity contribution in [3.05, 3.63) is 35.4 Å². The summed E-state index contributed by atoms with van der Waals surface area (Å²) in [7, 11) is 2.01. The molecule has 1 aromatic carbocycles. The Kier molecular flexibility index (Phi) is 9.36. The van der Waals surface area contributed by atoms with Crippen LogP contribution in [0.25, 0.3) is 0 Å². The largest absolute Gasteiger partial charge is 0.379 e. The summed E-state index contributed by atoms with van der Waals surface area (Å²) in [4.78, 5) is 0. The number of hydrogen-bond acceptors (Lipinski definition) is 2. The minimum atomic E-state index is 0.291. The minimum Gasteiger partial charge on any atom is -0.379 e. The van der Waals surface area contributed by atoms with E-state index in [2.05, 4.69) is 50.4 Å². The van der Waals surface area contributed by atoms with Crippen LogP contribution in [0.3, 0.4) is 0 Å². The molecule has 2 heteroatoms. The smallest absolute Gasteiger partial charge is 0.0661 e. The number of unbranched alkanes of at least 4 members (excludes halogenated alkanes) is 1. The highest BCUT2D eigenvalue weighted by Crippen LogP contribution is 2.17. The van der Waals surface area contributed by atoms with Crippen LogP contribution < -0.4 is 5.32 Å². The summed E-state index contributed by atoms with van der Waals surface area (Å²) in [6.07, 6.45) is 6.20. The lowest BCUT2D eigenvalue weighted by molar-refractivity contribution is 0.0781. The molecule has 0 heterocycles. The second kappa shape index (κ2) is 10.8. The fourth-order valence-electron chi connectivity index (χ4n) is 2.58. The van der Waals surface area contributed by atoms with E-state index >= 15 is 0 Å². The third-order valence-electron chi connectivity index (χ3n) is 4.32. The van der Waals surface area contributed by atoms with Gasteiger partial charge in [0.05, 0.1) is 12.6 Å². The third kappa shape index (κ3) is 6.62. The van der Waals surface area contributed by atoms with Gasteiger partial charge in [0.15, 0.2) is 0 Å². The second-order valence-electron chi connectivity index (χ2n) is 5.89. The Hall–Kier alpha value is -0.860. The molecule has 2 nitrogen and oxygen atoms in total. The standard InChI is InChI=1S/C19H33NO/c1-5-8-9-17(7-3)14-21-15-19(20-4)18-12-10-16(6-2)11-13-18/h10-13,17,19-20H,5-9,14-15H2,1-4H3. The van der Waals surface area contributed by atoms with Crippen LogP contribution in [-0.2, 0) is 11.2 Å². The maximum absolute atomic E-state index is 5.99. The fraction of sp³-hybridized carbons (Fsp3) is 0.684. The van der Waals surface area contributed by atoms with Gasteiger partial charge in [-0.2, -0.15) is 0 Å². The van der Waals surface area contributed by atoms with Crippen molar-refractivity contribution in [3.63, 3.8) is 0 Å². The molecule has 1 rings (SSSR count). The van der Waals surface area contributed by atoms with Crippen molar-refractivity contribution in [2.45, 2.75) is 58.9 Å². The topological polar surface area (TPSA) is 21.3 Å². The molecule has 0 fully saturated rings. The van der Waals surface area contributed by atoms with E-state index in [0.29, 0.717) is 12.0 Å². The van der Waals surface area contributed by atoms with Gasteiger partial charge in [0.1, 0.15) is 0 Å². The zero-order valence-corrected chi connectivity index (χ0v) is 14.3. The van der Waals surface area contributed by atoms with E-state index < -0.39 is 0 Å². The Morgan fingerprint density at radius 1 is 1.05 bits per heavy atom. The van der Waals surface area contributed by atoms with Crippen LogP contribution in [0, 0.1) is 5.92 Å². The highest BCUT2D eigenvalue weighted by molar-refractivity contribution is 5.25. The number of benzene rings is 1. The number of likely N-dealkylation sites (N-methyl/N-ethyl adjacent to an activating group) is 1. The molecule has 0 aliphatic rings. The Bertz CT molecular complexity index is 360. The number of aryl methyl sites for hydroxylation is 1. The Labute approximate surface area is 131 Å². The molecule has 0 aromatic heterocycles. The lowest BCUT2D eigenvalue weighted by Gasteiger charge is -2.20. The molecule has 0 bridgehead atoms. The summed E-state index contributed by atoms with van der Waals surface area (Å²) < 4.78 is 5.99. The lowest BCUT2D eigenvalue weighted by atomic mass is 10.0. The normalized spacial score (nSPS) is 14.1. The maximum Gasteiger partial charge on any atom is 0.0661 e. The molecule has 0 aliphatic carbocycles. The molecular formula is C19H33NO. The van der Waals surface area contributed by atoms with E-state index in [-0.39, 0.29) is 0 Å². The van der Waals surface area contributed by atoms with Crippen LogP contribution >= 0.6 is 0 Å². The van der Waals surface area contributed by atoms with Gasteiger partial charge in [0.25, 0.3) is 0 Å². The number of nitrogens with one attached hydrogen (secondary N) is 1. The molecule has 1 aromatic rings. The van der Waals surface area contributed by atoms with Crippen LogP contribution in [-0.4, -0.2) is 20.3 Å². The van der Waals surface area contributed by atoms with Gasteiger partial charge in [-0.3, -0.25) is 0 Å². The van der Waals surface area contributed by atoms with Gasteiger partial charge in [0.2, 0.25) is 0 Å². The van der Waals surface area contributed by atoms with Gasteiger partial charge < -0.3 is 10.1 Å². The number of hydrogen-bond donors (Lipinski definition) is 1. The highest BCUT2D eigenvalue weighted by atomic mass is 16.5. The van der Waals surface area contributed by atoms with Crippen molar-refractivity contribution in [1.82, 2.24) is 5.32 Å². The van der Waals surface area contributed by atoms with Crippen molar-refractivity contribution in [3.8, 4) is 0 Å². The van der Waals surface area contributed by atoms with Crippen LogP contribution in [0.4, 0.5) is 0 Å². The second-order valence-corrected chi connectivity index (χ2v) is 5.89. The Morgan fingerprint density at radius 2 is 1.76 bits per heavy atom. The molecule has 0 aliphatic heterocycles. The van der Waals surface area contributed by atoms with E-state index in [4.69, 9.17) is 4.74 Å². The molecule has 1 N–H and O–H groups in total. The summed E-state index contributed by atoms with van der Waals surface area (Å²) in [5.74, 6) is 0.713. The first-order valence-corrected chi connectivity index (χ1v) is 8.58. The van der Waals surface area contributed by atoms with Crippen molar-refractivity contribution in [2.75, 3.05) is 20.3 Å². The quantitative estimate of drug-likeness (QED) is 0.635. The molecule has 2 unspecified atom stereocenters. The van der Waals surface area contributed by atoms with Crippen molar-refractivity contribution in [1.29, 1.82) is 0 Å². The predicted octanol–water partition coefficient (Wildman–Crippen LogP) is 4.74. The molecule has 21 heavy (non-hydrogen) atoms. The maximum atomic E-state index is 5.99. The van der Waals surface area contributed by atoms with Crippen LogP contribution in [0.1, 0.15) is 63.6 Å². The van der Waals surface area contributed by atoms with Crippen LogP contribution in [0.15, 0.2) is 24.3 Å². The third-order valence-corrected chi connectivity index (χ3v) is 4.32. The van der Waals surface area contributed by atoms with Gasteiger partial charge in [0, 0.05) is 6.61 Å². The van der Waals surface area contributed by atoms with Gasteiger partial charge in [-0.05, 0) is 36.9 Å². The first-order chi connectivity index (χ1) is 10.2. The first kappa shape index (κ1) is 18.2. The lowest BCUT2D eigenvalue weighted by Crippen LogP contribution is -2.23. The Morgan fingerprint density at radius 3 is 2.29 bits per heavy atom. The fourth-order valence-corrected chi connectivity index (χ4v) is 2.58. The monoisotopic (exact) mass is 291 g/mol. The number of ether oxygens (including phenoxy) is 1. The molecule has 0 saturated heterocycles. The zero-order chi connectivity index (χ0) is 15.5. The molecule has 0 radical (unpaired) electrons. The molecule has 0 saturated carbocycles. The van der Waals surface area contributed by atoms with Crippen molar-refractivity contribution < 1.29 is 4.74 Å². The van der Waals surface area contributed by atoms with Gasteiger partial charge in [-0.15, -0.1) is 0 Å². The zero-order valence-electron chi connectivity index (χ0n) is 14.3. The summed E-state index contributed by atoms with van der Waals surface area (Å²) in [5, 5.41) is 3.37. The number of rotatable bonds is 11. The molecule has 0 spiro atoms. The Balaban J connectivity index is 2.42. The summed E-state index contributed by atoms with van der Waals surface area (Å²) in [6.45, 7) is 8.36. The summed E-state index contributed by atoms with van der Waals surface area (Å²) in [5.41, 5.74) is 2.71. The van der Waals surface area contributed by atoms with Crippen LogP contribution in [0.5, 0.6) is 0 Å². The average molecular weight is 291 g/mol. The van der Waals surface area contributed by atoms with E-state index in [0.717, 1.165) is 19.6 Å². The molecule has 0 amide bonds. The van der Waals surface area contributed by atoms with Gasteiger partial charge in [-0.1, -0.05) is 64.3 Å². The van der Waals surface area contributed by atoms with Gasteiger partial charge >= 0.3 is 0 Å². The minimum absolute atomic E-state index is 0.291. The van der Waals surface area contributed by atoms with E-state index in [1.807, 2.05) is 7.05 Å². The van der Waals surface area contributed by atoms with E-state index in [1.54, 1.807) is 0 Å². The van der Waals surface area contributed by atoms with Crippen LogP contribution in [0.2, 0.25) is 0 Å². The molecular weight excluding hydrogens is 258 g/mol. The van der Waals surface area contributed by atoms with Crippen molar-refractivity contribution >= 4 is 0 Å². The molecule has 2 atom stereocenters. The highest BCUT2D eigenvalue weighted by Gasteiger charge is 2.11. The SMILES string of the molecule is CCCCC(CC)COCC(NC)c1ccc(CC)cc1. The predicted molar refractivity (Wildman–Crippen MR) is 91.7 cm³/mol. The van der Waals surface area contributed by atoms with Gasteiger partial charge in [-0.25, -0.2) is 0 Å². The average Bonchev–Trinajstić information content (AvgIpc) is 2.54. The molecule has 120 valence electrons. The summed E-state index contributed by atoms with van der Waals surface area (Å²) in [6, 6.07) is 9.17. The summed E-state index contributed by atoms with van der Waals surface area (Å²) >= 11 is 0. The van der Waals surface area contributed by atoms with E-state index in [9.17, 15) is 0 Å². The van der Waals surface area contributed by atoms with Crippen molar-refractivity contribution in [2.24, 2.45) is 5.92 Å². The first-order valence-electron chi connectivity index (χ1n) is 8.58. The van der Waals surface area contributed by atoms with E-state index in [1.165, 1.54) is 36.8 Å².